The summed E-state index contributed by atoms with van der Waals surface area (Å²) in [5.41, 5.74) is 8.27. The van der Waals surface area contributed by atoms with E-state index in [-0.39, 0.29) is 0 Å². The summed E-state index contributed by atoms with van der Waals surface area (Å²) >= 11 is 3.41. The molecule has 0 radical (unpaired) electrons. The minimum Gasteiger partial charge on any atom is -0.462 e. The molecule has 0 aliphatic carbocycles. The molecule has 0 spiro atoms. The highest BCUT2D eigenvalue weighted by molar-refractivity contribution is 9.10. The van der Waals surface area contributed by atoms with Crippen molar-refractivity contribution in [3.8, 4) is 0 Å². The molecule has 2 aromatic carbocycles. The van der Waals surface area contributed by atoms with Crippen LogP contribution in [0.25, 0.3) is 0 Å². The Kier molecular flexibility index (Phi) is 4.63. The van der Waals surface area contributed by atoms with Crippen molar-refractivity contribution in [3.05, 3.63) is 52.5 Å². The molecule has 0 saturated heterocycles. The fraction of sp³-hybridized carbons (Fsp3) is 0.133. The average Bonchev–Trinajstić information content (AvgIpc) is 2.41. The van der Waals surface area contributed by atoms with Crippen molar-refractivity contribution in [2.75, 3.05) is 17.7 Å². The summed E-state index contributed by atoms with van der Waals surface area (Å²) < 4.78 is 5.95. The van der Waals surface area contributed by atoms with E-state index in [1.807, 2.05) is 30.3 Å². The Bertz CT molecular complexity index is 629. The topological polar surface area (TPSA) is 64.3 Å². The molecule has 2 aromatic rings. The highest BCUT2D eigenvalue weighted by Crippen LogP contribution is 2.24. The molecule has 0 fully saturated rings. The van der Waals surface area contributed by atoms with Gasteiger partial charge in [-0.25, -0.2) is 4.79 Å². The minimum atomic E-state index is -0.414. The van der Waals surface area contributed by atoms with E-state index >= 15 is 0 Å². The van der Waals surface area contributed by atoms with Gasteiger partial charge in [0.05, 0.1) is 12.2 Å². The molecule has 0 aliphatic heterocycles. The molecule has 0 saturated carbocycles. The van der Waals surface area contributed by atoms with Crippen molar-refractivity contribution in [1.29, 1.82) is 0 Å². The van der Waals surface area contributed by atoms with E-state index in [1.54, 1.807) is 19.1 Å². The number of nitrogens with two attached hydrogens (primary N) is 1. The van der Waals surface area contributed by atoms with Gasteiger partial charge in [-0.1, -0.05) is 22.0 Å². The van der Waals surface area contributed by atoms with E-state index in [0.717, 1.165) is 15.8 Å². The molecule has 20 heavy (non-hydrogen) atoms. The predicted octanol–water partition coefficient (Wildman–Crippen LogP) is 3.95. The van der Waals surface area contributed by atoms with Gasteiger partial charge in [0.15, 0.2) is 0 Å². The summed E-state index contributed by atoms with van der Waals surface area (Å²) in [6.45, 7) is 2.08. The largest absolute Gasteiger partial charge is 0.462 e. The number of halogens is 1. The fourth-order valence-corrected chi connectivity index (χ4v) is 2.15. The number of rotatable bonds is 4. The summed E-state index contributed by atoms with van der Waals surface area (Å²) in [4.78, 5) is 11.8. The van der Waals surface area contributed by atoms with Crippen molar-refractivity contribution < 1.29 is 9.53 Å². The van der Waals surface area contributed by atoms with Gasteiger partial charge >= 0.3 is 5.97 Å². The van der Waals surface area contributed by atoms with Gasteiger partial charge in [0, 0.05) is 21.5 Å². The molecule has 2 rings (SSSR count). The van der Waals surface area contributed by atoms with Gasteiger partial charge in [-0.05, 0) is 43.3 Å². The van der Waals surface area contributed by atoms with Crippen LogP contribution in [-0.4, -0.2) is 12.6 Å². The third kappa shape index (κ3) is 3.51. The van der Waals surface area contributed by atoms with Crippen LogP contribution in [0.15, 0.2) is 46.9 Å². The lowest BCUT2D eigenvalue weighted by Crippen LogP contribution is -2.08. The molecule has 3 N–H and O–H groups in total. The zero-order valence-corrected chi connectivity index (χ0v) is 12.6. The first kappa shape index (κ1) is 14.4. The molecule has 104 valence electrons. The molecule has 0 aliphatic rings. The van der Waals surface area contributed by atoms with Crippen molar-refractivity contribution in [2.24, 2.45) is 0 Å². The van der Waals surface area contributed by atoms with Crippen molar-refractivity contribution in [1.82, 2.24) is 0 Å². The molecule has 0 heterocycles. The smallest absolute Gasteiger partial charge is 0.340 e. The van der Waals surface area contributed by atoms with Crippen LogP contribution in [0.3, 0.4) is 0 Å². The Hall–Kier alpha value is -2.01. The van der Waals surface area contributed by atoms with Gasteiger partial charge in [0.25, 0.3) is 0 Å². The van der Waals surface area contributed by atoms with Crippen LogP contribution in [0.4, 0.5) is 17.1 Å². The summed E-state index contributed by atoms with van der Waals surface area (Å²) in [5, 5.41) is 3.22. The summed E-state index contributed by atoms with van der Waals surface area (Å²) in [7, 11) is 0. The van der Waals surface area contributed by atoms with Crippen LogP contribution in [0.5, 0.6) is 0 Å². The van der Waals surface area contributed by atoms with Crippen LogP contribution in [-0.2, 0) is 4.74 Å². The quantitative estimate of drug-likeness (QED) is 0.656. The lowest BCUT2D eigenvalue weighted by Gasteiger charge is -2.10. The maximum Gasteiger partial charge on any atom is 0.340 e. The lowest BCUT2D eigenvalue weighted by molar-refractivity contribution is 0.0527. The molecule has 5 heteroatoms. The number of nitrogens with one attached hydrogen (secondary N) is 1. The zero-order valence-electron chi connectivity index (χ0n) is 11.0. The van der Waals surface area contributed by atoms with Crippen LogP contribution < -0.4 is 11.1 Å². The fourth-order valence-electron chi connectivity index (χ4n) is 1.75. The van der Waals surface area contributed by atoms with E-state index in [4.69, 9.17) is 10.5 Å². The van der Waals surface area contributed by atoms with Crippen LogP contribution in [0, 0.1) is 0 Å². The first-order chi connectivity index (χ1) is 9.60. The van der Waals surface area contributed by atoms with Crippen molar-refractivity contribution in [3.63, 3.8) is 0 Å². The zero-order chi connectivity index (χ0) is 14.5. The van der Waals surface area contributed by atoms with Crippen molar-refractivity contribution >= 4 is 39.0 Å². The molecule has 0 amide bonds. The van der Waals surface area contributed by atoms with E-state index in [9.17, 15) is 4.79 Å². The van der Waals surface area contributed by atoms with Gasteiger partial charge in [-0.2, -0.15) is 0 Å². The third-order valence-electron chi connectivity index (χ3n) is 2.66. The van der Waals surface area contributed by atoms with Gasteiger partial charge in [0.2, 0.25) is 0 Å². The first-order valence-electron chi connectivity index (χ1n) is 6.19. The van der Waals surface area contributed by atoms with Gasteiger partial charge in [-0.15, -0.1) is 0 Å². The molecule has 4 nitrogen and oxygen atoms in total. The second-order valence-electron chi connectivity index (χ2n) is 4.16. The van der Waals surface area contributed by atoms with Crippen LogP contribution in [0.1, 0.15) is 17.3 Å². The Balaban J connectivity index is 2.25. The highest BCUT2D eigenvalue weighted by Gasteiger charge is 2.11. The lowest BCUT2D eigenvalue weighted by atomic mass is 10.1. The second kappa shape index (κ2) is 6.43. The number of anilines is 3. The predicted molar refractivity (Wildman–Crippen MR) is 84.2 cm³/mol. The second-order valence-corrected chi connectivity index (χ2v) is 5.07. The number of carbonyl (C=O) groups excluding carboxylic acids is 1. The molecule has 0 unspecified atom stereocenters. The summed E-state index contributed by atoms with van der Waals surface area (Å²) in [6.07, 6.45) is 0. The van der Waals surface area contributed by atoms with E-state index in [1.165, 1.54) is 0 Å². The molecular formula is C15H15BrN2O2. The molecule has 0 atom stereocenters. The van der Waals surface area contributed by atoms with Gasteiger partial charge in [0.1, 0.15) is 0 Å². The first-order valence-corrected chi connectivity index (χ1v) is 6.98. The molecular weight excluding hydrogens is 320 g/mol. The number of hydrogen-bond acceptors (Lipinski definition) is 4. The number of esters is 1. The SMILES string of the molecule is CCOC(=O)c1cc(Nc2cccc(Br)c2)ccc1N. The normalized spacial score (nSPS) is 10.1. The van der Waals surface area contributed by atoms with Gasteiger partial charge < -0.3 is 15.8 Å². The monoisotopic (exact) mass is 334 g/mol. The van der Waals surface area contributed by atoms with Crippen molar-refractivity contribution in [2.45, 2.75) is 6.92 Å². The number of hydrogen-bond donors (Lipinski definition) is 2. The van der Waals surface area contributed by atoms with E-state index < -0.39 is 5.97 Å². The molecule has 0 bridgehead atoms. The minimum absolute atomic E-state index is 0.321. The Morgan fingerprint density at radius 1 is 1.25 bits per heavy atom. The van der Waals surface area contributed by atoms with E-state index in [0.29, 0.717) is 17.9 Å². The Labute approximate surface area is 126 Å². The van der Waals surface area contributed by atoms with Crippen LogP contribution in [0.2, 0.25) is 0 Å². The van der Waals surface area contributed by atoms with E-state index in [2.05, 4.69) is 21.2 Å². The number of carbonyl (C=O) groups is 1. The summed E-state index contributed by atoms with van der Waals surface area (Å²) in [5.74, 6) is -0.414. The Morgan fingerprint density at radius 3 is 2.70 bits per heavy atom. The standard InChI is InChI=1S/C15H15BrN2O2/c1-2-20-15(19)13-9-12(6-7-14(13)17)18-11-5-3-4-10(16)8-11/h3-9,18H,2,17H2,1H3. The Morgan fingerprint density at radius 2 is 2.00 bits per heavy atom. The number of ether oxygens (including phenoxy) is 1. The molecule has 0 aromatic heterocycles. The number of nitrogen functional groups attached to an aromatic ring is 1. The maximum atomic E-state index is 11.8. The van der Waals surface area contributed by atoms with Gasteiger partial charge in [-0.3, -0.25) is 0 Å². The number of benzene rings is 2. The summed E-state index contributed by atoms with van der Waals surface area (Å²) in [6, 6.07) is 12.9. The third-order valence-corrected chi connectivity index (χ3v) is 3.16. The average molecular weight is 335 g/mol. The highest BCUT2D eigenvalue weighted by atomic mass is 79.9. The maximum absolute atomic E-state index is 11.8. The van der Waals surface area contributed by atoms with Crippen LogP contribution >= 0.6 is 15.9 Å².